The molecule has 31 heavy (non-hydrogen) atoms. The molecule has 3 rings (SSSR count). The molecule has 1 aromatic heterocycles. The number of fused-ring (bicyclic) bond motifs is 1. The van der Waals surface area contributed by atoms with Crippen LogP contribution in [0.5, 0.6) is 0 Å². The molecule has 1 saturated heterocycles. The first-order valence-electron chi connectivity index (χ1n) is 10.1. The van der Waals surface area contributed by atoms with Gasteiger partial charge in [-0.15, -0.1) is 0 Å². The molecule has 0 spiro atoms. The van der Waals surface area contributed by atoms with Crippen LogP contribution in [0.1, 0.15) is 39.4 Å². The van der Waals surface area contributed by atoms with E-state index in [2.05, 4.69) is 29.7 Å². The van der Waals surface area contributed by atoms with Crippen molar-refractivity contribution in [3.8, 4) is 0 Å². The minimum atomic E-state index is -4.11. The molecule has 2 heterocycles. The average molecular weight is 449 g/mol. The van der Waals surface area contributed by atoms with Gasteiger partial charge in [0.15, 0.2) is 0 Å². The van der Waals surface area contributed by atoms with Gasteiger partial charge >= 0.3 is 5.97 Å². The lowest BCUT2D eigenvalue weighted by Crippen LogP contribution is -2.25. The number of nitrogens with zero attached hydrogens (tertiary/aromatic N) is 3. The summed E-state index contributed by atoms with van der Waals surface area (Å²) in [6.45, 7) is 8.51. The van der Waals surface area contributed by atoms with E-state index in [1.165, 1.54) is 12.1 Å². The zero-order valence-corrected chi connectivity index (χ0v) is 18.7. The molecule has 0 radical (unpaired) electrons. The van der Waals surface area contributed by atoms with Crippen LogP contribution in [0.25, 0.3) is 11.0 Å². The number of aromatic nitrogens is 2. The van der Waals surface area contributed by atoms with Gasteiger partial charge in [-0.05, 0) is 37.0 Å². The Morgan fingerprint density at radius 1 is 1.35 bits per heavy atom. The van der Waals surface area contributed by atoms with Crippen LogP contribution in [0.4, 0.5) is 0 Å². The summed E-state index contributed by atoms with van der Waals surface area (Å²) in [7, 11) is -4.11. The van der Waals surface area contributed by atoms with Crippen LogP contribution in [0.2, 0.25) is 0 Å². The van der Waals surface area contributed by atoms with Gasteiger partial charge in [0.05, 0.1) is 27.7 Å². The Bertz CT molecular complexity index is 1140. The third kappa shape index (κ3) is 5.13. The van der Waals surface area contributed by atoms with E-state index < -0.39 is 21.6 Å². The first-order chi connectivity index (χ1) is 14.5. The summed E-state index contributed by atoms with van der Waals surface area (Å²) in [4.78, 5) is 15.7. The van der Waals surface area contributed by atoms with Gasteiger partial charge in [-0.3, -0.25) is 0 Å². The van der Waals surface area contributed by atoms with E-state index >= 15 is 0 Å². The van der Waals surface area contributed by atoms with Crippen molar-refractivity contribution < 1.29 is 23.1 Å². The molecule has 10 heteroatoms. The molecule has 1 fully saturated rings. The van der Waals surface area contributed by atoms with Crippen LogP contribution in [0, 0.1) is 5.92 Å². The Balaban J connectivity index is 2.02. The quantitative estimate of drug-likeness (QED) is 0.511. The second-order valence-electron chi connectivity index (χ2n) is 8.64. The molecule has 2 aromatic rings. The molecule has 0 bridgehead atoms. The number of carboxylic acids is 1. The predicted molar refractivity (Wildman–Crippen MR) is 118 cm³/mol. The Morgan fingerprint density at radius 3 is 2.61 bits per heavy atom. The maximum absolute atomic E-state index is 12.6. The number of hydrogen-bond acceptors (Lipinski definition) is 6. The molecule has 0 unspecified atom stereocenters. The van der Waals surface area contributed by atoms with E-state index in [9.17, 15) is 13.2 Å². The van der Waals surface area contributed by atoms with E-state index in [0.717, 1.165) is 56.4 Å². The van der Waals surface area contributed by atoms with Crippen molar-refractivity contribution in [3.05, 3.63) is 35.8 Å². The van der Waals surface area contributed by atoms with Gasteiger partial charge in [0.2, 0.25) is 0 Å². The number of imidazole rings is 1. The largest absolute Gasteiger partial charge is 0.478 e. The number of aliphatic carboxylic acids is 1. The summed E-state index contributed by atoms with van der Waals surface area (Å²) in [6, 6.07) is 4.68. The molecule has 9 nitrogen and oxygen atoms in total. The molecule has 0 amide bonds. The van der Waals surface area contributed by atoms with E-state index in [1.807, 2.05) is 0 Å². The van der Waals surface area contributed by atoms with E-state index in [1.54, 1.807) is 6.07 Å². The van der Waals surface area contributed by atoms with Crippen LogP contribution in [-0.2, 0) is 31.5 Å². The molecule has 168 valence electrons. The summed E-state index contributed by atoms with van der Waals surface area (Å²) in [5.41, 5.74) is 5.97. The van der Waals surface area contributed by atoms with E-state index in [-0.39, 0.29) is 10.3 Å². The number of benzene rings is 1. The van der Waals surface area contributed by atoms with E-state index in [0.29, 0.717) is 11.4 Å². The molecule has 1 aliphatic heterocycles. The number of hydrogen-bond donors (Lipinski definition) is 2. The minimum Gasteiger partial charge on any atom is -0.478 e. The maximum Gasteiger partial charge on any atom is 0.338 e. The van der Waals surface area contributed by atoms with Crippen molar-refractivity contribution >= 4 is 33.2 Å². The molecule has 1 aliphatic rings. The smallest absolute Gasteiger partial charge is 0.338 e. The monoisotopic (exact) mass is 448 g/mol. The Hall–Kier alpha value is -2.72. The lowest BCUT2D eigenvalue weighted by Gasteiger charge is -2.26. The van der Waals surface area contributed by atoms with Gasteiger partial charge < -0.3 is 20.1 Å². The van der Waals surface area contributed by atoms with E-state index in [4.69, 9.17) is 20.6 Å². The zero-order valence-electron chi connectivity index (χ0n) is 17.9. The highest BCUT2D eigenvalue weighted by molar-refractivity contribution is 7.90. The molecule has 1 aromatic carbocycles. The van der Waals surface area contributed by atoms with Gasteiger partial charge in [-0.2, -0.15) is 12.8 Å². The summed E-state index contributed by atoms with van der Waals surface area (Å²) < 4.78 is 36.3. The van der Waals surface area contributed by atoms with Crippen molar-refractivity contribution in [1.29, 1.82) is 0 Å². The highest BCUT2D eigenvalue weighted by atomic mass is 32.2. The van der Waals surface area contributed by atoms with Gasteiger partial charge in [0, 0.05) is 31.4 Å². The fraction of sp³-hybridized carbons (Fsp3) is 0.476. The third-order valence-corrected chi connectivity index (χ3v) is 6.46. The lowest BCUT2D eigenvalue weighted by atomic mass is 9.94. The number of carboxylic acid groups (broad SMARTS) is 1. The number of rotatable bonds is 6. The van der Waals surface area contributed by atoms with Crippen LogP contribution >= 0.6 is 0 Å². The van der Waals surface area contributed by atoms with Crippen LogP contribution in [-0.4, -0.2) is 48.5 Å². The molecule has 0 saturated carbocycles. The average Bonchev–Trinajstić information content (AvgIpc) is 3.07. The Labute approximate surface area is 181 Å². The second kappa shape index (κ2) is 8.80. The van der Waals surface area contributed by atoms with Crippen LogP contribution in [0.15, 0.2) is 39.3 Å². The molecular weight excluding hydrogens is 420 g/mol. The van der Waals surface area contributed by atoms with Crippen molar-refractivity contribution in [2.24, 2.45) is 16.0 Å². The molecule has 0 aliphatic carbocycles. The SMILES string of the molecule is CC(C)(C)c1nc2cc(S(=O)(=O)N=CC(=CN)C(=O)O)ccc2n1CC1CCOCC1. The van der Waals surface area contributed by atoms with Crippen LogP contribution in [0.3, 0.4) is 0 Å². The van der Waals surface area contributed by atoms with Crippen molar-refractivity contribution in [2.75, 3.05) is 13.2 Å². The first-order valence-corrected chi connectivity index (χ1v) is 11.5. The first kappa shape index (κ1) is 23.0. The minimum absolute atomic E-state index is 0.0609. The van der Waals surface area contributed by atoms with Crippen molar-refractivity contribution in [3.63, 3.8) is 0 Å². The van der Waals surface area contributed by atoms with Crippen molar-refractivity contribution in [1.82, 2.24) is 9.55 Å². The topological polar surface area (TPSA) is 137 Å². The number of nitrogens with two attached hydrogens (primary N) is 1. The standard InChI is InChI=1S/C21H28N4O5S/c1-21(2,3)20-24-17-10-16(31(28,29)23-12-15(11-22)19(26)27)4-5-18(17)25(20)13-14-6-8-30-9-7-14/h4-5,10-12,14H,6-9,13,22H2,1-3H3,(H,26,27). The zero-order chi connectivity index (χ0) is 22.8. The lowest BCUT2D eigenvalue weighted by molar-refractivity contribution is -0.132. The third-order valence-electron chi connectivity index (χ3n) is 5.23. The number of sulfonamides is 1. The summed E-state index contributed by atoms with van der Waals surface area (Å²) >= 11 is 0. The fourth-order valence-corrected chi connectivity index (χ4v) is 4.45. The summed E-state index contributed by atoms with van der Waals surface area (Å²) in [6.07, 6.45) is 3.47. The summed E-state index contributed by atoms with van der Waals surface area (Å²) in [5, 5.41) is 8.97. The molecule has 0 atom stereocenters. The van der Waals surface area contributed by atoms with Gasteiger partial charge in [-0.1, -0.05) is 20.8 Å². The van der Waals surface area contributed by atoms with Gasteiger partial charge in [0.1, 0.15) is 5.82 Å². The number of ether oxygens (including phenoxy) is 1. The van der Waals surface area contributed by atoms with Gasteiger partial charge in [0.25, 0.3) is 10.0 Å². The van der Waals surface area contributed by atoms with Crippen molar-refractivity contribution in [2.45, 2.75) is 50.5 Å². The highest BCUT2D eigenvalue weighted by Gasteiger charge is 2.26. The fourth-order valence-electron chi connectivity index (χ4n) is 3.57. The number of carbonyl (C=O) groups is 1. The highest BCUT2D eigenvalue weighted by Crippen LogP contribution is 2.30. The Morgan fingerprint density at radius 2 is 2.03 bits per heavy atom. The summed E-state index contributed by atoms with van der Waals surface area (Å²) in [5.74, 6) is -0.0115. The Kier molecular flexibility index (Phi) is 6.51. The predicted octanol–water partition coefficient (Wildman–Crippen LogP) is 2.45. The second-order valence-corrected chi connectivity index (χ2v) is 10.3. The molecular formula is C21H28N4O5S. The van der Waals surface area contributed by atoms with Crippen LogP contribution < -0.4 is 5.73 Å². The normalized spacial score (nSPS) is 16.9. The maximum atomic E-state index is 12.6. The van der Waals surface area contributed by atoms with Gasteiger partial charge in [-0.25, -0.2) is 9.78 Å². The molecule has 3 N–H and O–H groups in total.